The van der Waals surface area contributed by atoms with Gasteiger partial charge in [0.25, 0.3) is 0 Å². The van der Waals surface area contributed by atoms with E-state index in [-0.39, 0.29) is 11.9 Å². The van der Waals surface area contributed by atoms with Gasteiger partial charge < -0.3 is 9.42 Å². The summed E-state index contributed by atoms with van der Waals surface area (Å²) in [5, 5.41) is 4.15. The lowest BCUT2D eigenvalue weighted by atomic mass is 9.90. The van der Waals surface area contributed by atoms with Crippen LogP contribution in [-0.4, -0.2) is 52.0 Å². The molecule has 1 aromatic heterocycles. The van der Waals surface area contributed by atoms with Crippen molar-refractivity contribution < 1.29 is 9.32 Å². The summed E-state index contributed by atoms with van der Waals surface area (Å²) in [7, 11) is 0. The predicted octanol–water partition coefficient (Wildman–Crippen LogP) is 4.06. The van der Waals surface area contributed by atoms with Crippen molar-refractivity contribution in [1.29, 1.82) is 0 Å². The van der Waals surface area contributed by atoms with Crippen molar-refractivity contribution in [3.63, 3.8) is 0 Å². The van der Waals surface area contributed by atoms with Gasteiger partial charge in [-0.3, -0.25) is 9.69 Å². The van der Waals surface area contributed by atoms with E-state index >= 15 is 0 Å². The molecule has 1 aliphatic carbocycles. The normalized spacial score (nSPS) is 17.7. The summed E-state index contributed by atoms with van der Waals surface area (Å²) >= 11 is 0. The third-order valence-electron chi connectivity index (χ3n) is 6.81. The fraction of sp³-hybridized carbons (Fsp3) is 0.423. The lowest BCUT2D eigenvalue weighted by molar-refractivity contribution is -0.132. The summed E-state index contributed by atoms with van der Waals surface area (Å²) in [4.78, 5) is 21.8. The Morgan fingerprint density at radius 1 is 1.00 bits per heavy atom. The highest BCUT2D eigenvalue weighted by Gasteiger charge is 2.28. The summed E-state index contributed by atoms with van der Waals surface area (Å²) < 4.78 is 5.55. The van der Waals surface area contributed by atoms with Gasteiger partial charge >= 0.3 is 0 Å². The lowest BCUT2D eigenvalue weighted by Gasteiger charge is -2.36. The average Bonchev–Trinajstić information content (AvgIpc) is 3.34. The zero-order chi connectivity index (χ0) is 21.9. The molecule has 1 fully saturated rings. The molecule has 0 bridgehead atoms. The number of hydrogen-bond acceptors (Lipinski definition) is 5. The van der Waals surface area contributed by atoms with Gasteiger partial charge in [0.2, 0.25) is 17.6 Å². The van der Waals surface area contributed by atoms with Crippen LogP contribution in [0.3, 0.4) is 0 Å². The molecule has 2 aromatic carbocycles. The Morgan fingerprint density at radius 2 is 1.75 bits per heavy atom. The molecule has 0 saturated carbocycles. The molecule has 0 spiro atoms. The number of piperazine rings is 1. The van der Waals surface area contributed by atoms with Gasteiger partial charge in [-0.25, -0.2) is 0 Å². The molecule has 1 aliphatic heterocycles. The molecule has 1 amide bonds. The molecule has 166 valence electrons. The van der Waals surface area contributed by atoms with Gasteiger partial charge in [0.1, 0.15) is 0 Å². The van der Waals surface area contributed by atoms with Crippen LogP contribution in [0, 0.1) is 0 Å². The molecule has 0 radical (unpaired) electrons. The lowest BCUT2D eigenvalue weighted by Crippen LogP contribution is -2.49. The van der Waals surface area contributed by atoms with Crippen molar-refractivity contribution >= 4 is 5.91 Å². The van der Waals surface area contributed by atoms with Gasteiger partial charge in [-0.1, -0.05) is 53.7 Å². The van der Waals surface area contributed by atoms with E-state index in [0.717, 1.165) is 43.7 Å². The highest BCUT2D eigenvalue weighted by molar-refractivity contribution is 5.79. The van der Waals surface area contributed by atoms with E-state index in [9.17, 15) is 4.79 Å². The van der Waals surface area contributed by atoms with Crippen molar-refractivity contribution in [3.8, 4) is 11.4 Å². The summed E-state index contributed by atoms with van der Waals surface area (Å²) in [6.45, 7) is 5.16. The zero-order valence-electron chi connectivity index (χ0n) is 18.7. The fourth-order valence-corrected chi connectivity index (χ4v) is 4.81. The second-order valence-electron chi connectivity index (χ2n) is 8.90. The Hall–Kier alpha value is -2.99. The van der Waals surface area contributed by atoms with E-state index in [1.807, 2.05) is 35.2 Å². The van der Waals surface area contributed by atoms with E-state index in [0.29, 0.717) is 18.1 Å². The van der Waals surface area contributed by atoms with E-state index in [4.69, 9.17) is 4.52 Å². The second-order valence-corrected chi connectivity index (χ2v) is 8.90. The van der Waals surface area contributed by atoms with Crippen LogP contribution in [0.1, 0.15) is 48.4 Å². The number of aryl methyl sites for hydroxylation is 2. The maximum Gasteiger partial charge on any atom is 0.244 e. The number of benzene rings is 2. The van der Waals surface area contributed by atoms with E-state index in [1.54, 1.807) is 0 Å². The highest BCUT2D eigenvalue weighted by atomic mass is 16.5. The van der Waals surface area contributed by atoms with Crippen LogP contribution in [0.5, 0.6) is 0 Å². The van der Waals surface area contributed by atoms with Crippen LogP contribution >= 0.6 is 0 Å². The Balaban J connectivity index is 1.16. The number of carbonyl (C=O) groups is 1. The number of carbonyl (C=O) groups excluding carboxylic acids is 1. The molecule has 32 heavy (non-hydrogen) atoms. The maximum absolute atomic E-state index is 12.9. The molecule has 6 nitrogen and oxygen atoms in total. The SMILES string of the molecule is CC(c1nc(-c2ccccc2)no1)N1CCN(C(=O)Cc2ccc3c(c2)CCCC3)CC1. The van der Waals surface area contributed by atoms with Gasteiger partial charge in [0.05, 0.1) is 12.5 Å². The number of fused-ring (bicyclic) bond motifs is 1. The van der Waals surface area contributed by atoms with Crippen molar-refractivity contribution in [2.45, 2.75) is 45.1 Å². The van der Waals surface area contributed by atoms with Crippen molar-refractivity contribution in [2.24, 2.45) is 0 Å². The third-order valence-corrected chi connectivity index (χ3v) is 6.81. The van der Waals surface area contributed by atoms with E-state index in [2.05, 4.69) is 40.2 Å². The van der Waals surface area contributed by atoms with E-state index in [1.165, 1.54) is 30.4 Å². The Labute approximate surface area is 189 Å². The van der Waals surface area contributed by atoms with Gasteiger partial charge in [-0.15, -0.1) is 0 Å². The largest absolute Gasteiger partial charge is 0.340 e. The van der Waals surface area contributed by atoms with Crippen molar-refractivity contribution in [2.75, 3.05) is 26.2 Å². The molecule has 0 N–H and O–H groups in total. The zero-order valence-corrected chi connectivity index (χ0v) is 18.7. The molecule has 1 atom stereocenters. The number of nitrogens with zero attached hydrogens (tertiary/aromatic N) is 4. The number of hydrogen-bond donors (Lipinski definition) is 0. The molecule has 2 aliphatic rings. The average molecular weight is 431 g/mol. The number of aromatic nitrogens is 2. The first-order valence-electron chi connectivity index (χ1n) is 11.7. The molecule has 1 unspecified atom stereocenters. The van der Waals surface area contributed by atoms with Gasteiger partial charge in [-0.2, -0.15) is 4.98 Å². The molecule has 3 aromatic rings. The Kier molecular flexibility index (Phi) is 6.04. The Morgan fingerprint density at radius 3 is 2.53 bits per heavy atom. The van der Waals surface area contributed by atoms with Crippen LogP contribution in [0.4, 0.5) is 0 Å². The summed E-state index contributed by atoms with van der Waals surface area (Å²) in [6, 6.07) is 16.5. The maximum atomic E-state index is 12.9. The Bertz CT molecular complexity index is 1070. The first-order valence-corrected chi connectivity index (χ1v) is 11.7. The monoisotopic (exact) mass is 430 g/mol. The van der Waals surface area contributed by atoms with Crippen LogP contribution in [0.15, 0.2) is 53.1 Å². The molecule has 1 saturated heterocycles. The molecule has 6 heteroatoms. The third kappa shape index (κ3) is 4.46. The molecular weight excluding hydrogens is 400 g/mol. The molecule has 2 heterocycles. The predicted molar refractivity (Wildman–Crippen MR) is 123 cm³/mol. The molecule has 5 rings (SSSR count). The smallest absolute Gasteiger partial charge is 0.244 e. The van der Waals surface area contributed by atoms with Crippen molar-refractivity contribution in [3.05, 3.63) is 71.1 Å². The number of rotatable bonds is 5. The minimum absolute atomic E-state index is 0.0258. The minimum atomic E-state index is 0.0258. The molecular formula is C26H30N4O2. The number of amides is 1. The van der Waals surface area contributed by atoms with Crippen LogP contribution < -0.4 is 0 Å². The quantitative estimate of drug-likeness (QED) is 0.611. The standard InChI is InChI=1S/C26H30N4O2/c1-19(26-27-25(28-32-26)22-8-3-2-4-9-22)29-13-15-30(16-14-29)24(31)18-20-11-12-21-7-5-6-10-23(21)17-20/h2-4,8-9,11-12,17,19H,5-7,10,13-16,18H2,1H3. The van der Waals surface area contributed by atoms with Crippen molar-refractivity contribution in [1.82, 2.24) is 19.9 Å². The van der Waals surface area contributed by atoms with Gasteiger partial charge in [-0.05, 0) is 49.3 Å². The fourth-order valence-electron chi connectivity index (χ4n) is 4.81. The van der Waals surface area contributed by atoms with Crippen LogP contribution in [0.25, 0.3) is 11.4 Å². The summed E-state index contributed by atoms with van der Waals surface area (Å²) in [6.07, 6.45) is 5.36. The first kappa shape index (κ1) is 20.9. The topological polar surface area (TPSA) is 62.5 Å². The highest BCUT2D eigenvalue weighted by Crippen LogP contribution is 2.25. The van der Waals surface area contributed by atoms with Gasteiger partial charge in [0, 0.05) is 31.7 Å². The van der Waals surface area contributed by atoms with E-state index < -0.39 is 0 Å². The van der Waals surface area contributed by atoms with Crippen LogP contribution in [-0.2, 0) is 24.1 Å². The first-order chi connectivity index (χ1) is 15.7. The van der Waals surface area contributed by atoms with Gasteiger partial charge in [0.15, 0.2) is 0 Å². The summed E-state index contributed by atoms with van der Waals surface area (Å²) in [5.41, 5.74) is 5.00. The summed E-state index contributed by atoms with van der Waals surface area (Å²) in [5.74, 6) is 1.46. The van der Waals surface area contributed by atoms with Crippen LogP contribution in [0.2, 0.25) is 0 Å². The minimum Gasteiger partial charge on any atom is -0.340 e. The second kappa shape index (κ2) is 9.25.